The zero-order valence-corrected chi connectivity index (χ0v) is 19.0. The molecule has 3 atom stereocenters. The van der Waals surface area contributed by atoms with Gasteiger partial charge in [-0.3, -0.25) is 9.10 Å². The van der Waals surface area contributed by atoms with E-state index in [1.165, 1.54) is 13.1 Å². The maximum Gasteiger partial charge on any atom is 0.251 e. The first-order valence-electron chi connectivity index (χ1n) is 10.4. The number of sulfonamides is 1. The fourth-order valence-electron chi connectivity index (χ4n) is 3.35. The van der Waals surface area contributed by atoms with Gasteiger partial charge in [-0.15, -0.1) is 0 Å². The Hall–Kier alpha value is -2.65. The molecule has 1 aromatic carbocycles. The number of pyridine rings is 1. The molecule has 0 spiro atoms. The van der Waals surface area contributed by atoms with E-state index in [4.69, 9.17) is 5.73 Å². The Labute approximate surface area is 184 Å². The van der Waals surface area contributed by atoms with E-state index in [1.54, 1.807) is 6.07 Å². The van der Waals surface area contributed by atoms with E-state index in [2.05, 4.69) is 22.5 Å². The molecule has 8 nitrogen and oxygen atoms in total. The number of nitrogens with one attached hydrogen (secondary N) is 2. The van der Waals surface area contributed by atoms with Crippen LogP contribution < -0.4 is 20.7 Å². The highest BCUT2D eigenvalue weighted by molar-refractivity contribution is 7.92. The zero-order valence-electron chi connectivity index (χ0n) is 18.2. The number of hydrogen-bond acceptors (Lipinski definition) is 6. The van der Waals surface area contributed by atoms with E-state index in [0.29, 0.717) is 29.6 Å². The van der Waals surface area contributed by atoms with Gasteiger partial charge in [0.1, 0.15) is 11.6 Å². The summed E-state index contributed by atoms with van der Waals surface area (Å²) < 4.78 is 25.1. The first-order valence-corrected chi connectivity index (χ1v) is 12.3. The summed E-state index contributed by atoms with van der Waals surface area (Å²) in [6.07, 6.45) is 2.86. The third-order valence-corrected chi connectivity index (χ3v) is 6.84. The number of nitrogens with zero attached hydrogens (tertiary/aromatic N) is 2. The molecule has 3 rings (SSSR count). The number of nitrogens with two attached hydrogens (primary N) is 1. The minimum Gasteiger partial charge on any atom is -0.370 e. The molecule has 31 heavy (non-hydrogen) atoms. The molecular formula is C22H31N5O3S. The summed E-state index contributed by atoms with van der Waals surface area (Å²) >= 11 is 0. The summed E-state index contributed by atoms with van der Waals surface area (Å²) in [6, 6.07) is 12.7. The predicted molar refractivity (Wildman–Crippen MR) is 124 cm³/mol. The Kier molecular flexibility index (Phi) is 7.17. The molecule has 2 aromatic rings. The predicted octanol–water partition coefficient (Wildman–Crippen LogP) is 1.85. The van der Waals surface area contributed by atoms with Gasteiger partial charge in [-0.25, -0.2) is 13.4 Å². The molecule has 0 aliphatic heterocycles. The molecule has 4 N–H and O–H groups in total. The molecule has 1 heterocycles. The topological polar surface area (TPSA) is 117 Å². The third-order valence-electron chi connectivity index (χ3n) is 5.66. The van der Waals surface area contributed by atoms with Gasteiger partial charge in [0.2, 0.25) is 10.0 Å². The van der Waals surface area contributed by atoms with E-state index < -0.39 is 10.0 Å². The van der Waals surface area contributed by atoms with Crippen molar-refractivity contribution < 1.29 is 13.2 Å². The van der Waals surface area contributed by atoms with Crippen molar-refractivity contribution in [2.24, 2.45) is 17.6 Å². The van der Waals surface area contributed by atoms with Gasteiger partial charge < -0.3 is 16.4 Å². The molecule has 0 unspecified atom stereocenters. The molecule has 9 heteroatoms. The van der Waals surface area contributed by atoms with Crippen LogP contribution in [0.5, 0.6) is 0 Å². The van der Waals surface area contributed by atoms with E-state index in [9.17, 15) is 13.2 Å². The summed E-state index contributed by atoms with van der Waals surface area (Å²) in [5, 5.41) is 6.21. The molecule has 1 fully saturated rings. The summed E-state index contributed by atoms with van der Waals surface area (Å²) in [5.41, 5.74) is 7.29. The molecular weight excluding hydrogens is 414 g/mol. The van der Waals surface area contributed by atoms with Crippen LogP contribution in [-0.4, -0.2) is 51.7 Å². The van der Waals surface area contributed by atoms with Crippen LogP contribution in [0.15, 0.2) is 42.5 Å². The fourth-order valence-corrected chi connectivity index (χ4v) is 3.78. The van der Waals surface area contributed by atoms with Crippen molar-refractivity contribution in [1.82, 2.24) is 10.3 Å². The van der Waals surface area contributed by atoms with Crippen molar-refractivity contribution in [2.45, 2.75) is 25.8 Å². The van der Waals surface area contributed by atoms with Gasteiger partial charge in [0.25, 0.3) is 5.91 Å². The zero-order chi connectivity index (χ0) is 22.6. The van der Waals surface area contributed by atoms with Crippen molar-refractivity contribution in [2.75, 3.05) is 36.0 Å². The molecule has 1 aliphatic carbocycles. The van der Waals surface area contributed by atoms with E-state index in [0.717, 1.165) is 29.1 Å². The lowest BCUT2D eigenvalue weighted by atomic mass is 10.1. The quantitative estimate of drug-likeness (QED) is 0.514. The monoisotopic (exact) mass is 445 g/mol. The Morgan fingerprint density at radius 1 is 1.29 bits per heavy atom. The number of hydrogen-bond donors (Lipinski definition) is 3. The highest BCUT2D eigenvalue weighted by Crippen LogP contribution is 2.37. The van der Waals surface area contributed by atoms with Crippen LogP contribution in [0.3, 0.4) is 0 Å². The molecule has 1 saturated carbocycles. The molecule has 1 amide bonds. The molecule has 0 saturated heterocycles. The van der Waals surface area contributed by atoms with E-state index in [-0.39, 0.29) is 24.3 Å². The van der Waals surface area contributed by atoms with Crippen molar-refractivity contribution in [3.05, 3.63) is 53.6 Å². The largest absolute Gasteiger partial charge is 0.370 e. The number of aromatic nitrogens is 1. The average molecular weight is 446 g/mol. The molecule has 1 aromatic heterocycles. The van der Waals surface area contributed by atoms with Crippen LogP contribution in [0.25, 0.3) is 0 Å². The van der Waals surface area contributed by atoms with Crippen LogP contribution in [-0.2, 0) is 16.4 Å². The first-order chi connectivity index (χ1) is 14.7. The van der Waals surface area contributed by atoms with Gasteiger partial charge in [0, 0.05) is 31.7 Å². The lowest BCUT2D eigenvalue weighted by molar-refractivity contribution is 0.0938. The highest BCUT2D eigenvalue weighted by Gasteiger charge is 2.32. The van der Waals surface area contributed by atoms with Crippen LogP contribution in [0.1, 0.15) is 29.3 Å². The third kappa shape index (κ3) is 6.41. The maximum atomic E-state index is 13.0. The Balaban J connectivity index is 1.80. The van der Waals surface area contributed by atoms with Crippen LogP contribution in [0.4, 0.5) is 11.6 Å². The van der Waals surface area contributed by atoms with Gasteiger partial charge >= 0.3 is 0 Å². The number of carbonyl (C=O) groups is 1. The van der Waals surface area contributed by atoms with Crippen molar-refractivity contribution in [3.8, 4) is 0 Å². The minimum atomic E-state index is -3.52. The smallest absolute Gasteiger partial charge is 0.251 e. The van der Waals surface area contributed by atoms with Crippen molar-refractivity contribution in [3.63, 3.8) is 0 Å². The van der Waals surface area contributed by atoms with Crippen molar-refractivity contribution in [1.29, 1.82) is 0 Å². The normalized spacial score (nSPS) is 18.8. The molecule has 0 bridgehead atoms. The Bertz CT molecular complexity index is 1010. The minimum absolute atomic E-state index is 0.189. The van der Waals surface area contributed by atoms with Gasteiger partial charge in [-0.1, -0.05) is 37.3 Å². The number of benzene rings is 1. The number of rotatable bonds is 10. The second-order valence-corrected chi connectivity index (χ2v) is 10.3. The second kappa shape index (κ2) is 9.65. The maximum absolute atomic E-state index is 13.0. The van der Waals surface area contributed by atoms with Gasteiger partial charge in [0.05, 0.1) is 6.26 Å². The summed E-state index contributed by atoms with van der Waals surface area (Å²) in [4.78, 5) is 17.4. The van der Waals surface area contributed by atoms with Crippen LogP contribution in [0.2, 0.25) is 0 Å². The summed E-state index contributed by atoms with van der Waals surface area (Å²) in [6.45, 7) is 3.21. The number of amides is 1. The van der Waals surface area contributed by atoms with Crippen molar-refractivity contribution >= 4 is 27.6 Å². The highest BCUT2D eigenvalue weighted by atomic mass is 32.2. The summed E-state index contributed by atoms with van der Waals surface area (Å²) in [7, 11) is -2.10. The molecule has 1 aliphatic rings. The van der Waals surface area contributed by atoms with E-state index in [1.807, 2.05) is 30.3 Å². The average Bonchev–Trinajstić information content (AvgIpc) is 3.46. The second-order valence-electron chi connectivity index (χ2n) is 8.28. The standard InChI is InChI=1S/C22H31N5O3S/c1-15-9-18(15)14-24-20-11-17(12-21(26-20)27(2)31(3,29)30)22(28)25-19(13-23)10-16-7-5-4-6-8-16/h4-8,11-12,15,18-19H,9-10,13-14,23H2,1-3H3,(H,24,26)(H,25,28)/t15-,18+,19-/m0/s1. The molecule has 168 valence electrons. The number of carbonyl (C=O) groups excluding carboxylic acids is 1. The SMILES string of the molecule is C[C@H]1C[C@@H]1CNc1cc(C(=O)N[C@H](CN)Cc2ccccc2)cc(N(C)S(C)(=O)=O)n1. The summed E-state index contributed by atoms with van der Waals surface area (Å²) in [5.74, 6) is 1.58. The van der Waals surface area contributed by atoms with E-state index >= 15 is 0 Å². The van der Waals surface area contributed by atoms with Gasteiger partial charge in [0.15, 0.2) is 0 Å². The lowest BCUT2D eigenvalue weighted by Crippen LogP contribution is -2.41. The lowest BCUT2D eigenvalue weighted by Gasteiger charge is -2.20. The molecule has 0 radical (unpaired) electrons. The fraction of sp³-hybridized carbons (Fsp3) is 0.455. The Morgan fingerprint density at radius 2 is 1.97 bits per heavy atom. The van der Waals surface area contributed by atoms with Crippen LogP contribution >= 0.6 is 0 Å². The first kappa shape index (κ1) is 23.0. The van der Waals surface area contributed by atoms with Crippen LogP contribution in [0, 0.1) is 11.8 Å². The van der Waals surface area contributed by atoms with Gasteiger partial charge in [-0.2, -0.15) is 0 Å². The Morgan fingerprint density at radius 3 is 2.55 bits per heavy atom. The van der Waals surface area contributed by atoms with Gasteiger partial charge in [-0.05, 0) is 42.4 Å². The number of anilines is 2.